The SMILES string of the molecule is CNC(=O)c1ccccc1NC(=S)NC(=O)/C=C/c1cccc2ccccc12. The highest BCUT2D eigenvalue weighted by atomic mass is 32.1. The third-order valence-corrected chi connectivity index (χ3v) is 4.33. The molecule has 5 nitrogen and oxygen atoms in total. The van der Waals surface area contributed by atoms with E-state index in [2.05, 4.69) is 16.0 Å². The van der Waals surface area contributed by atoms with Crippen LogP contribution < -0.4 is 16.0 Å². The molecule has 0 aliphatic carbocycles. The summed E-state index contributed by atoms with van der Waals surface area (Å²) in [6.07, 6.45) is 3.18. The van der Waals surface area contributed by atoms with Crippen molar-refractivity contribution in [1.29, 1.82) is 0 Å². The van der Waals surface area contributed by atoms with Gasteiger partial charge in [0.05, 0.1) is 11.3 Å². The summed E-state index contributed by atoms with van der Waals surface area (Å²) in [7, 11) is 1.55. The fourth-order valence-electron chi connectivity index (χ4n) is 2.79. The highest BCUT2D eigenvalue weighted by molar-refractivity contribution is 7.80. The average Bonchev–Trinajstić information content (AvgIpc) is 2.72. The van der Waals surface area contributed by atoms with Gasteiger partial charge in [-0.1, -0.05) is 54.6 Å². The van der Waals surface area contributed by atoms with E-state index in [-0.39, 0.29) is 16.9 Å². The molecule has 0 heterocycles. The normalized spacial score (nSPS) is 10.6. The minimum atomic E-state index is -0.358. The Bertz CT molecular complexity index is 1070. The smallest absolute Gasteiger partial charge is 0.253 e. The van der Waals surface area contributed by atoms with Gasteiger partial charge in [-0.25, -0.2) is 0 Å². The number of fused-ring (bicyclic) bond motifs is 1. The summed E-state index contributed by atoms with van der Waals surface area (Å²) in [5.41, 5.74) is 1.90. The molecule has 0 atom stereocenters. The Morgan fingerprint density at radius 2 is 1.64 bits per heavy atom. The first-order valence-corrected chi connectivity index (χ1v) is 9.08. The minimum Gasteiger partial charge on any atom is -0.355 e. The first-order valence-electron chi connectivity index (χ1n) is 8.67. The Morgan fingerprint density at radius 1 is 0.929 bits per heavy atom. The molecule has 2 amide bonds. The van der Waals surface area contributed by atoms with Crippen molar-refractivity contribution in [2.75, 3.05) is 12.4 Å². The summed E-state index contributed by atoms with van der Waals surface area (Å²) in [4.78, 5) is 24.1. The molecule has 28 heavy (non-hydrogen) atoms. The van der Waals surface area contributed by atoms with Crippen molar-refractivity contribution >= 4 is 51.7 Å². The number of amides is 2. The molecule has 0 saturated heterocycles. The first kappa shape index (κ1) is 19.3. The number of hydrogen-bond donors (Lipinski definition) is 3. The van der Waals surface area contributed by atoms with E-state index in [1.165, 1.54) is 6.08 Å². The summed E-state index contributed by atoms with van der Waals surface area (Å²) in [5.74, 6) is -0.601. The van der Waals surface area contributed by atoms with E-state index >= 15 is 0 Å². The van der Waals surface area contributed by atoms with Crippen molar-refractivity contribution in [3.63, 3.8) is 0 Å². The zero-order chi connectivity index (χ0) is 19.9. The Hall–Kier alpha value is -3.51. The van der Waals surface area contributed by atoms with Gasteiger partial charge < -0.3 is 10.6 Å². The van der Waals surface area contributed by atoms with E-state index in [1.807, 2.05) is 42.5 Å². The summed E-state index contributed by atoms with van der Waals surface area (Å²) < 4.78 is 0. The van der Waals surface area contributed by atoms with Crippen molar-refractivity contribution in [2.45, 2.75) is 0 Å². The summed E-state index contributed by atoms with van der Waals surface area (Å²) in [5, 5.41) is 10.3. The number of anilines is 1. The van der Waals surface area contributed by atoms with Crippen LogP contribution in [0.5, 0.6) is 0 Å². The lowest BCUT2D eigenvalue weighted by molar-refractivity contribution is -0.115. The van der Waals surface area contributed by atoms with Crippen LogP contribution in [0.1, 0.15) is 15.9 Å². The van der Waals surface area contributed by atoms with Gasteiger partial charge in [-0.05, 0) is 46.8 Å². The average molecular weight is 389 g/mol. The predicted octanol–water partition coefficient (Wildman–Crippen LogP) is 3.73. The zero-order valence-electron chi connectivity index (χ0n) is 15.2. The Balaban J connectivity index is 1.67. The first-order chi connectivity index (χ1) is 13.6. The molecule has 0 unspecified atom stereocenters. The van der Waals surface area contributed by atoms with Gasteiger partial charge in [-0.2, -0.15) is 0 Å². The maximum atomic E-state index is 12.2. The van der Waals surface area contributed by atoms with Crippen LogP contribution in [-0.4, -0.2) is 24.0 Å². The molecule has 6 heteroatoms. The molecule has 0 bridgehead atoms. The van der Waals surface area contributed by atoms with Gasteiger partial charge in [0.25, 0.3) is 5.91 Å². The number of nitrogens with one attached hydrogen (secondary N) is 3. The third-order valence-electron chi connectivity index (χ3n) is 4.12. The van der Waals surface area contributed by atoms with Crippen LogP contribution >= 0.6 is 12.2 Å². The molecular weight excluding hydrogens is 370 g/mol. The van der Waals surface area contributed by atoms with Crippen LogP contribution in [-0.2, 0) is 4.79 Å². The fraction of sp³-hybridized carbons (Fsp3) is 0.0455. The number of carbonyl (C=O) groups is 2. The summed E-state index contributed by atoms with van der Waals surface area (Å²) >= 11 is 5.19. The predicted molar refractivity (Wildman–Crippen MR) is 117 cm³/mol. The van der Waals surface area contributed by atoms with Crippen LogP contribution in [0.2, 0.25) is 0 Å². The van der Waals surface area contributed by atoms with Gasteiger partial charge in [0.1, 0.15) is 0 Å². The van der Waals surface area contributed by atoms with Crippen molar-refractivity contribution < 1.29 is 9.59 Å². The molecule has 3 N–H and O–H groups in total. The largest absolute Gasteiger partial charge is 0.355 e. The number of rotatable bonds is 4. The maximum Gasteiger partial charge on any atom is 0.253 e. The van der Waals surface area contributed by atoms with E-state index in [4.69, 9.17) is 12.2 Å². The monoisotopic (exact) mass is 389 g/mol. The lowest BCUT2D eigenvalue weighted by Gasteiger charge is -2.12. The van der Waals surface area contributed by atoms with Crippen LogP contribution in [0.15, 0.2) is 72.8 Å². The van der Waals surface area contributed by atoms with Crippen molar-refractivity contribution in [3.05, 3.63) is 83.9 Å². The molecule has 0 spiro atoms. The van der Waals surface area contributed by atoms with Crippen LogP contribution in [0.25, 0.3) is 16.8 Å². The van der Waals surface area contributed by atoms with E-state index in [1.54, 1.807) is 37.4 Å². The molecule has 3 aromatic carbocycles. The fourth-order valence-corrected chi connectivity index (χ4v) is 3.00. The Labute approximate surface area is 168 Å². The second-order valence-electron chi connectivity index (χ2n) is 5.97. The van der Waals surface area contributed by atoms with Crippen molar-refractivity contribution in [3.8, 4) is 0 Å². The highest BCUT2D eigenvalue weighted by Gasteiger charge is 2.10. The summed E-state index contributed by atoms with van der Waals surface area (Å²) in [6, 6.07) is 20.8. The molecule has 140 valence electrons. The van der Waals surface area contributed by atoms with Gasteiger partial charge >= 0.3 is 0 Å². The Morgan fingerprint density at radius 3 is 2.46 bits per heavy atom. The maximum absolute atomic E-state index is 12.2. The molecule has 0 aliphatic rings. The van der Waals surface area contributed by atoms with E-state index < -0.39 is 0 Å². The topological polar surface area (TPSA) is 70.2 Å². The zero-order valence-corrected chi connectivity index (χ0v) is 16.0. The number of benzene rings is 3. The van der Waals surface area contributed by atoms with E-state index in [9.17, 15) is 9.59 Å². The Kier molecular flexibility index (Phi) is 6.14. The number of hydrogen-bond acceptors (Lipinski definition) is 3. The molecule has 3 aromatic rings. The second kappa shape index (κ2) is 8.92. The van der Waals surface area contributed by atoms with Crippen molar-refractivity contribution in [1.82, 2.24) is 10.6 Å². The minimum absolute atomic E-state index is 0.115. The number of para-hydroxylation sites is 1. The van der Waals surface area contributed by atoms with Crippen molar-refractivity contribution in [2.24, 2.45) is 0 Å². The number of carbonyl (C=O) groups excluding carboxylic acids is 2. The molecule has 3 rings (SSSR count). The van der Waals surface area contributed by atoms with Gasteiger partial charge in [0.15, 0.2) is 5.11 Å². The molecule has 0 aliphatic heterocycles. The molecule has 0 fully saturated rings. The van der Waals surface area contributed by atoms with Crippen LogP contribution in [0, 0.1) is 0 Å². The standard InChI is InChI=1S/C22H19N3O2S/c1-23-21(27)18-11-4-5-12-19(18)24-22(28)25-20(26)14-13-16-9-6-8-15-7-2-3-10-17(15)16/h2-14H,1H3,(H,23,27)(H2,24,25,26,28)/b14-13+. The van der Waals surface area contributed by atoms with Gasteiger partial charge in [-0.15, -0.1) is 0 Å². The van der Waals surface area contributed by atoms with Gasteiger partial charge in [0, 0.05) is 13.1 Å². The van der Waals surface area contributed by atoms with Gasteiger partial charge in [-0.3, -0.25) is 14.9 Å². The lowest BCUT2D eigenvalue weighted by Crippen LogP contribution is -2.33. The lowest BCUT2D eigenvalue weighted by atomic mass is 10.0. The number of thiocarbonyl (C=S) groups is 1. The highest BCUT2D eigenvalue weighted by Crippen LogP contribution is 2.19. The van der Waals surface area contributed by atoms with Gasteiger partial charge in [0.2, 0.25) is 5.91 Å². The third kappa shape index (κ3) is 4.61. The van der Waals surface area contributed by atoms with E-state index in [0.717, 1.165) is 16.3 Å². The molecule has 0 aromatic heterocycles. The quantitative estimate of drug-likeness (QED) is 0.470. The summed E-state index contributed by atoms with van der Waals surface area (Å²) in [6.45, 7) is 0. The van der Waals surface area contributed by atoms with E-state index in [0.29, 0.717) is 11.3 Å². The molecule has 0 radical (unpaired) electrons. The molecule has 0 saturated carbocycles. The van der Waals surface area contributed by atoms with Crippen LogP contribution in [0.4, 0.5) is 5.69 Å². The molecular formula is C22H19N3O2S. The van der Waals surface area contributed by atoms with Crippen LogP contribution in [0.3, 0.4) is 0 Å². The second-order valence-corrected chi connectivity index (χ2v) is 6.38.